The molecule has 0 saturated heterocycles. The van der Waals surface area contributed by atoms with Gasteiger partial charge >= 0.3 is 23.9 Å². The van der Waals surface area contributed by atoms with Gasteiger partial charge in [0, 0.05) is 19.3 Å². The number of rotatable bonds is 19. The molecule has 0 saturated carbocycles. The van der Waals surface area contributed by atoms with Crippen molar-refractivity contribution in [3.8, 4) is 17.2 Å². The van der Waals surface area contributed by atoms with E-state index >= 15 is 0 Å². The molecule has 36 heavy (non-hydrogen) atoms. The lowest BCUT2D eigenvalue weighted by molar-refractivity contribution is -0.138. The largest absolute Gasteiger partial charge is 0.478 e. The summed E-state index contributed by atoms with van der Waals surface area (Å²) < 4.78 is 16.3. The Morgan fingerprint density at radius 2 is 0.944 bits per heavy atom. The number of aromatic carboxylic acids is 1. The molecule has 1 N–H and O–H groups in total. The first kappa shape index (κ1) is 31.1. The number of hydrogen-bond donors (Lipinski definition) is 1. The van der Waals surface area contributed by atoms with Crippen LogP contribution in [0.3, 0.4) is 0 Å². The van der Waals surface area contributed by atoms with Crippen molar-refractivity contribution in [1.29, 1.82) is 0 Å². The fourth-order valence-corrected chi connectivity index (χ4v) is 3.55. The minimum absolute atomic E-state index is 0.133. The average molecular weight is 507 g/mol. The highest BCUT2D eigenvalue weighted by atomic mass is 16.6. The molecule has 0 aliphatic rings. The van der Waals surface area contributed by atoms with E-state index in [0.29, 0.717) is 19.3 Å². The van der Waals surface area contributed by atoms with Crippen LogP contribution in [0.1, 0.15) is 127 Å². The number of hydrogen-bond acceptors (Lipinski definition) is 7. The van der Waals surface area contributed by atoms with E-state index in [1.54, 1.807) is 0 Å². The normalized spacial score (nSPS) is 10.6. The average Bonchev–Trinajstić information content (AvgIpc) is 2.84. The van der Waals surface area contributed by atoms with Crippen molar-refractivity contribution in [3.05, 3.63) is 17.7 Å². The Kier molecular flexibility index (Phi) is 15.9. The lowest BCUT2D eigenvalue weighted by atomic mass is 10.1. The zero-order chi connectivity index (χ0) is 26.8. The molecule has 8 heteroatoms. The van der Waals surface area contributed by atoms with Crippen molar-refractivity contribution in [3.63, 3.8) is 0 Å². The predicted molar refractivity (Wildman–Crippen MR) is 137 cm³/mol. The van der Waals surface area contributed by atoms with Crippen LogP contribution in [0.25, 0.3) is 0 Å². The zero-order valence-corrected chi connectivity index (χ0v) is 22.1. The van der Waals surface area contributed by atoms with Gasteiger partial charge in [-0.25, -0.2) is 4.79 Å². The molecule has 8 nitrogen and oxygen atoms in total. The lowest BCUT2D eigenvalue weighted by Gasteiger charge is -2.16. The van der Waals surface area contributed by atoms with E-state index < -0.39 is 23.9 Å². The lowest BCUT2D eigenvalue weighted by Crippen LogP contribution is -2.16. The molecule has 0 spiro atoms. The Balaban J connectivity index is 3.17. The summed E-state index contributed by atoms with van der Waals surface area (Å²) in [6.45, 7) is 6.19. The standard InChI is InChI=1S/C28H42O8/c1-4-7-10-13-16-24(29)34-22-19-21(28(32)33)20-23(35-25(30)17-14-11-8-5-2)27(22)36-26(31)18-15-12-9-6-3/h19-20H,4-18H2,1-3H3,(H,32,33). The van der Waals surface area contributed by atoms with Crippen LogP contribution in [-0.4, -0.2) is 29.0 Å². The van der Waals surface area contributed by atoms with Gasteiger partial charge in [0.1, 0.15) is 0 Å². The third kappa shape index (κ3) is 12.7. The Labute approximate surface area is 214 Å². The molecule has 1 aromatic carbocycles. The van der Waals surface area contributed by atoms with Gasteiger partial charge in [0.25, 0.3) is 0 Å². The number of carbonyl (C=O) groups is 4. The second-order valence-electron chi connectivity index (χ2n) is 8.96. The van der Waals surface area contributed by atoms with Gasteiger partial charge in [-0.05, 0) is 31.4 Å². The zero-order valence-electron chi connectivity index (χ0n) is 22.1. The van der Waals surface area contributed by atoms with Crippen LogP contribution in [0, 0.1) is 0 Å². The van der Waals surface area contributed by atoms with Crippen molar-refractivity contribution in [2.24, 2.45) is 0 Å². The quantitative estimate of drug-likeness (QED) is 0.121. The molecule has 0 fully saturated rings. The highest BCUT2D eigenvalue weighted by Crippen LogP contribution is 2.40. The summed E-state index contributed by atoms with van der Waals surface area (Å²) in [6.07, 6.45) is 10.9. The molecule has 1 aromatic rings. The predicted octanol–water partition coefficient (Wildman–Crippen LogP) is 7.01. The SMILES string of the molecule is CCCCCCC(=O)Oc1cc(C(=O)O)cc(OC(=O)CCCCCC)c1OC(=O)CCCCCC. The molecule has 0 bridgehead atoms. The topological polar surface area (TPSA) is 116 Å². The molecule has 0 amide bonds. The summed E-state index contributed by atoms with van der Waals surface area (Å²) in [7, 11) is 0. The van der Waals surface area contributed by atoms with E-state index in [1.807, 2.05) is 0 Å². The monoisotopic (exact) mass is 506 g/mol. The maximum absolute atomic E-state index is 12.5. The molecular weight excluding hydrogens is 464 g/mol. The number of carboxylic acid groups (broad SMARTS) is 1. The van der Waals surface area contributed by atoms with Crippen molar-refractivity contribution >= 4 is 23.9 Å². The number of ether oxygens (including phenoxy) is 3. The van der Waals surface area contributed by atoms with Gasteiger partial charge in [0.05, 0.1) is 5.56 Å². The van der Waals surface area contributed by atoms with Crippen LogP contribution in [0.4, 0.5) is 0 Å². The van der Waals surface area contributed by atoms with E-state index in [-0.39, 0.29) is 42.1 Å². The summed E-state index contributed by atoms with van der Waals surface area (Å²) in [5.74, 6) is -3.76. The Bertz CT molecular complexity index is 799. The number of benzene rings is 1. The Morgan fingerprint density at radius 1 is 0.583 bits per heavy atom. The van der Waals surface area contributed by atoms with Gasteiger partial charge in [-0.2, -0.15) is 0 Å². The molecular formula is C28H42O8. The highest BCUT2D eigenvalue weighted by molar-refractivity contribution is 5.91. The number of unbranched alkanes of at least 4 members (excludes halogenated alkanes) is 9. The van der Waals surface area contributed by atoms with E-state index in [0.717, 1.165) is 69.9 Å². The van der Waals surface area contributed by atoms with Crippen LogP contribution >= 0.6 is 0 Å². The van der Waals surface area contributed by atoms with Gasteiger partial charge in [-0.15, -0.1) is 0 Å². The van der Waals surface area contributed by atoms with Crippen molar-refractivity contribution in [1.82, 2.24) is 0 Å². The summed E-state index contributed by atoms with van der Waals surface area (Å²) >= 11 is 0. The first-order chi connectivity index (χ1) is 17.3. The number of esters is 3. The van der Waals surface area contributed by atoms with Gasteiger partial charge in [0.2, 0.25) is 5.75 Å². The highest BCUT2D eigenvalue weighted by Gasteiger charge is 2.24. The van der Waals surface area contributed by atoms with E-state index in [2.05, 4.69) is 20.8 Å². The molecule has 0 heterocycles. The Hall–Kier alpha value is -2.90. The summed E-state index contributed by atoms with van der Waals surface area (Å²) in [6, 6.07) is 2.23. The smallest absolute Gasteiger partial charge is 0.335 e. The van der Waals surface area contributed by atoms with E-state index in [1.165, 1.54) is 0 Å². The second-order valence-corrected chi connectivity index (χ2v) is 8.96. The van der Waals surface area contributed by atoms with Crippen molar-refractivity contribution in [2.75, 3.05) is 0 Å². The second kappa shape index (κ2) is 18.4. The molecule has 0 aliphatic carbocycles. The summed E-state index contributed by atoms with van der Waals surface area (Å²) in [5.41, 5.74) is -0.250. The summed E-state index contributed by atoms with van der Waals surface area (Å²) in [4.78, 5) is 49.2. The molecule has 0 aliphatic heterocycles. The van der Waals surface area contributed by atoms with Crippen LogP contribution < -0.4 is 14.2 Å². The van der Waals surface area contributed by atoms with Gasteiger partial charge in [-0.3, -0.25) is 14.4 Å². The Morgan fingerprint density at radius 3 is 1.28 bits per heavy atom. The molecule has 0 aromatic heterocycles. The maximum Gasteiger partial charge on any atom is 0.335 e. The van der Waals surface area contributed by atoms with Crippen LogP contribution in [0.2, 0.25) is 0 Å². The van der Waals surface area contributed by atoms with Crippen molar-refractivity contribution < 1.29 is 38.5 Å². The number of carboxylic acids is 1. The van der Waals surface area contributed by atoms with Gasteiger partial charge < -0.3 is 19.3 Å². The van der Waals surface area contributed by atoms with Gasteiger partial charge in [-0.1, -0.05) is 78.6 Å². The maximum atomic E-state index is 12.5. The minimum atomic E-state index is -1.30. The van der Waals surface area contributed by atoms with Crippen LogP contribution in [0.15, 0.2) is 12.1 Å². The van der Waals surface area contributed by atoms with E-state index in [4.69, 9.17) is 14.2 Å². The molecule has 1 rings (SSSR count). The molecule has 202 valence electrons. The summed E-state index contributed by atoms with van der Waals surface area (Å²) in [5, 5.41) is 9.55. The number of carbonyl (C=O) groups excluding carboxylic acids is 3. The molecule has 0 unspecified atom stereocenters. The van der Waals surface area contributed by atoms with Crippen molar-refractivity contribution in [2.45, 2.75) is 117 Å². The third-order valence-corrected chi connectivity index (χ3v) is 5.63. The molecule has 0 radical (unpaired) electrons. The first-order valence-electron chi connectivity index (χ1n) is 13.4. The fourth-order valence-electron chi connectivity index (χ4n) is 3.55. The fraction of sp³-hybridized carbons (Fsp3) is 0.643. The van der Waals surface area contributed by atoms with E-state index in [9.17, 15) is 24.3 Å². The van der Waals surface area contributed by atoms with Crippen LogP contribution in [0.5, 0.6) is 17.2 Å². The third-order valence-electron chi connectivity index (χ3n) is 5.63. The minimum Gasteiger partial charge on any atom is -0.478 e. The van der Waals surface area contributed by atoms with Crippen LogP contribution in [-0.2, 0) is 14.4 Å². The first-order valence-corrected chi connectivity index (χ1v) is 13.4. The molecule has 0 atom stereocenters. The van der Waals surface area contributed by atoms with Gasteiger partial charge in [0.15, 0.2) is 11.5 Å².